The van der Waals surface area contributed by atoms with Crippen LogP contribution in [-0.2, 0) is 6.54 Å². The van der Waals surface area contributed by atoms with Gasteiger partial charge < -0.3 is 10.6 Å². The van der Waals surface area contributed by atoms with Gasteiger partial charge in [-0.1, -0.05) is 12.8 Å². The van der Waals surface area contributed by atoms with E-state index < -0.39 is 0 Å². The molecule has 2 N–H and O–H groups in total. The van der Waals surface area contributed by atoms with E-state index in [4.69, 9.17) is 5.73 Å². The van der Waals surface area contributed by atoms with Crippen molar-refractivity contribution in [1.82, 2.24) is 4.98 Å². The average Bonchev–Trinajstić information content (AvgIpc) is 2.98. The lowest BCUT2D eigenvalue weighted by atomic mass is 9.77. The van der Waals surface area contributed by atoms with Crippen molar-refractivity contribution in [2.24, 2.45) is 11.1 Å². The second-order valence-corrected chi connectivity index (χ2v) is 6.97. The van der Waals surface area contributed by atoms with Gasteiger partial charge in [0.25, 0.3) is 0 Å². The van der Waals surface area contributed by atoms with E-state index in [1.54, 1.807) is 11.3 Å². The van der Waals surface area contributed by atoms with Gasteiger partial charge in [-0.3, -0.25) is 0 Å². The van der Waals surface area contributed by atoms with Gasteiger partial charge in [0.1, 0.15) is 0 Å². The highest BCUT2D eigenvalue weighted by Crippen LogP contribution is 2.46. The van der Waals surface area contributed by atoms with Crippen molar-refractivity contribution < 1.29 is 0 Å². The number of thiazole rings is 1. The van der Waals surface area contributed by atoms with Crippen molar-refractivity contribution in [3.63, 3.8) is 0 Å². The highest BCUT2D eigenvalue weighted by molar-refractivity contribution is 7.15. The van der Waals surface area contributed by atoms with Crippen LogP contribution in [0.2, 0.25) is 0 Å². The molecule has 4 heteroatoms. The first kappa shape index (κ1) is 12.4. The maximum absolute atomic E-state index is 5.74. The first-order valence-corrected chi connectivity index (χ1v) is 7.95. The molecule has 0 amide bonds. The summed E-state index contributed by atoms with van der Waals surface area (Å²) in [5, 5.41) is 1.20. The lowest BCUT2D eigenvalue weighted by Crippen LogP contribution is -2.38. The van der Waals surface area contributed by atoms with Gasteiger partial charge in [-0.05, 0) is 38.0 Å². The summed E-state index contributed by atoms with van der Waals surface area (Å²) in [5.74, 6) is 0. The number of hydrogen-bond acceptors (Lipinski definition) is 4. The van der Waals surface area contributed by atoms with Gasteiger partial charge in [-0.15, -0.1) is 11.3 Å². The molecule has 3 nitrogen and oxygen atoms in total. The van der Waals surface area contributed by atoms with Crippen LogP contribution in [0.15, 0.2) is 0 Å². The second-order valence-electron chi connectivity index (χ2n) is 5.90. The number of rotatable bonds is 2. The molecule has 2 aliphatic rings. The van der Waals surface area contributed by atoms with E-state index in [-0.39, 0.29) is 0 Å². The summed E-state index contributed by atoms with van der Waals surface area (Å²) < 4.78 is 0. The minimum Gasteiger partial charge on any atom is -0.348 e. The Morgan fingerprint density at radius 1 is 1.22 bits per heavy atom. The van der Waals surface area contributed by atoms with Crippen LogP contribution < -0.4 is 10.6 Å². The Morgan fingerprint density at radius 2 is 1.89 bits per heavy atom. The van der Waals surface area contributed by atoms with E-state index >= 15 is 0 Å². The van der Waals surface area contributed by atoms with E-state index in [0.717, 1.165) is 5.69 Å². The molecule has 0 atom stereocenters. The van der Waals surface area contributed by atoms with Crippen LogP contribution in [0.4, 0.5) is 5.13 Å². The number of aryl methyl sites for hydroxylation is 1. The average molecular weight is 265 g/mol. The van der Waals surface area contributed by atoms with E-state index in [0.29, 0.717) is 12.0 Å². The SMILES string of the molecule is Cc1nc(N2CCC3(CCCC3)CC2)sc1CN. The third-order valence-electron chi connectivity index (χ3n) is 4.83. The maximum atomic E-state index is 5.74. The molecule has 2 fully saturated rings. The molecule has 1 spiro atoms. The zero-order valence-corrected chi connectivity index (χ0v) is 12.1. The molecule has 1 aliphatic heterocycles. The summed E-state index contributed by atoms with van der Waals surface area (Å²) in [4.78, 5) is 8.40. The Labute approximate surface area is 113 Å². The Hall–Kier alpha value is -0.610. The highest BCUT2D eigenvalue weighted by Gasteiger charge is 2.37. The Bertz CT molecular complexity index is 411. The predicted molar refractivity (Wildman–Crippen MR) is 77.1 cm³/mol. The lowest BCUT2D eigenvalue weighted by molar-refractivity contribution is 0.226. The lowest BCUT2D eigenvalue weighted by Gasteiger charge is -2.39. The summed E-state index contributed by atoms with van der Waals surface area (Å²) in [7, 11) is 0. The van der Waals surface area contributed by atoms with Crippen molar-refractivity contribution in [2.75, 3.05) is 18.0 Å². The van der Waals surface area contributed by atoms with Gasteiger partial charge in [0.05, 0.1) is 5.69 Å². The topological polar surface area (TPSA) is 42.2 Å². The Balaban J connectivity index is 1.68. The van der Waals surface area contributed by atoms with Gasteiger partial charge in [0.15, 0.2) is 5.13 Å². The number of hydrogen-bond donors (Lipinski definition) is 1. The molecule has 1 aliphatic carbocycles. The van der Waals surface area contributed by atoms with Gasteiger partial charge in [-0.25, -0.2) is 4.98 Å². The zero-order chi connectivity index (χ0) is 12.6. The quantitative estimate of drug-likeness (QED) is 0.893. The van der Waals surface area contributed by atoms with Gasteiger partial charge >= 0.3 is 0 Å². The van der Waals surface area contributed by atoms with E-state index in [2.05, 4.69) is 16.8 Å². The fourth-order valence-electron chi connectivity index (χ4n) is 3.53. The molecule has 1 saturated heterocycles. The Kier molecular flexibility index (Phi) is 3.32. The summed E-state index contributed by atoms with van der Waals surface area (Å²) in [5.41, 5.74) is 7.56. The fourth-order valence-corrected chi connectivity index (χ4v) is 4.53. The number of piperidine rings is 1. The molecule has 1 aromatic rings. The van der Waals surface area contributed by atoms with E-state index in [1.165, 1.54) is 61.6 Å². The molecule has 0 unspecified atom stereocenters. The third kappa shape index (κ3) is 2.16. The molecule has 3 rings (SSSR count). The van der Waals surface area contributed by atoms with Crippen LogP contribution in [0.1, 0.15) is 49.1 Å². The number of nitrogens with zero attached hydrogens (tertiary/aromatic N) is 2. The largest absolute Gasteiger partial charge is 0.348 e. The van der Waals surface area contributed by atoms with Gasteiger partial charge in [0, 0.05) is 24.5 Å². The molecule has 18 heavy (non-hydrogen) atoms. The standard InChI is InChI=1S/C14H23N3S/c1-11-12(10-15)18-13(16-11)17-8-6-14(7-9-17)4-2-3-5-14/h2-10,15H2,1H3. The van der Waals surface area contributed by atoms with E-state index in [9.17, 15) is 0 Å². The van der Waals surface area contributed by atoms with Crippen molar-refractivity contribution >= 4 is 16.5 Å². The molecule has 1 aromatic heterocycles. The first-order chi connectivity index (χ1) is 8.72. The minimum absolute atomic E-state index is 0.626. The summed E-state index contributed by atoms with van der Waals surface area (Å²) in [6.07, 6.45) is 8.56. The third-order valence-corrected chi connectivity index (χ3v) is 6.07. The summed E-state index contributed by atoms with van der Waals surface area (Å²) >= 11 is 1.79. The molecule has 100 valence electrons. The maximum Gasteiger partial charge on any atom is 0.185 e. The number of aromatic nitrogens is 1. The summed E-state index contributed by atoms with van der Waals surface area (Å²) in [6, 6.07) is 0. The molecule has 0 bridgehead atoms. The number of anilines is 1. The van der Waals surface area contributed by atoms with Gasteiger partial charge in [0.2, 0.25) is 0 Å². The van der Waals surface area contributed by atoms with Crippen molar-refractivity contribution in [1.29, 1.82) is 0 Å². The van der Waals surface area contributed by atoms with Crippen LogP contribution in [0.5, 0.6) is 0 Å². The second kappa shape index (κ2) is 4.82. The molecular formula is C14H23N3S. The molecule has 0 radical (unpaired) electrons. The Morgan fingerprint density at radius 3 is 2.44 bits per heavy atom. The van der Waals surface area contributed by atoms with Crippen LogP contribution in [-0.4, -0.2) is 18.1 Å². The van der Waals surface area contributed by atoms with Crippen LogP contribution in [0.3, 0.4) is 0 Å². The first-order valence-electron chi connectivity index (χ1n) is 7.14. The predicted octanol–water partition coefficient (Wildman–Crippen LogP) is 3.07. The molecule has 0 aromatic carbocycles. The van der Waals surface area contributed by atoms with Gasteiger partial charge in [-0.2, -0.15) is 0 Å². The van der Waals surface area contributed by atoms with E-state index in [1.807, 2.05) is 0 Å². The molecule has 2 heterocycles. The fraction of sp³-hybridized carbons (Fsp3) is 0.786. The minimum atomic E-state index is 0.626. The van der Waals surface area contributed by atoms with Crippen LogP contribution >= 0.6 is 11.3 Å². The molecular weight excluding hydrogens is 242 g/mol. The van der Waals surface area contributed by atoms with Crippen molar-refractivity contribution in [3.05, 3.63) is 10.6 Å². The van der Waals surface area contributed by atoms with Crippen molar-refractivity contribution in [3.8, 4) is 0 Å². The monoisotopic (exact) mass is 265 g/mol. The highest BCUT2D eigenvalue weighted by atomic mass is 32.1. The number of nitrogens with two attached hydrogens (primary N) is 1. The van der Waals surface area contributed by atoms with Crippen LogP contribution in [0, 0.1) is 12.3 Å². The smallest absolute Gasteiger partial charge is 0.185 e. The van der Waals surface area contributed by atoms with Crippen LogP contribution in [0.25, 0.3) is 0 Å². The molecule has 1 saturated carbocycles. The summed E-state index contributed by atoms with van der Waals surface area (Å²) in [6.45, 7) is 5.08. The van der Waals surface area contributed by atoms with Crippen molar-refractivity contribution in [2.45, 2.75) is 52.0 Å². The normalized spacial score (nSPS) is 22.9. The zero-order valence-electron chi connectivity index (χ0n) is 11.2.